The molecule has 0 unspecified atom stereocenters. The molecule has 0 spiro atoms. The maximum absolute atomic E-state index is 12.7. The quantitative estimate of drug-likeness (QED) is 0.764. The second-order valence-electron chi connectivity index (χ2n) is 8.06. The van der Waals surface area contributed by atoms with Gasteiger partial charge in [0.25, 0.3) is 11.8 Å². The minimum Gasteiger partial charge on any atom is -0.484 e. The molecule has 0 aromatic heterocycles. The number of carbonyl (C=O) groups is 2. The third kappa shape index (κ3) is 6.07. The highest BCUT2D eigenvalue weighted by atomic mass is 16.5. The van der Waals surface area contributed by atoms with E-state index in [0.29, 0.717) is 11.3 Å². The zero-order valence-electron chi connectivity index (χ0n) is 18.1. The fourth-order valence-electron chi connectivity index (χ4n) is 3.53. The molecule has 2 aromatic rings. The van der Waals surface area contributed by atoms with Gasteiger partial charge in [-0.2, -0.15) is 0 Å². The number of likely N-dealkylation sites (N-methyl/N-ethyl adjacent to an activating group) is 1. The van der Waals surface area contributed by atoms with Crippen LogP contribution in [0.4, 0.5) is 0 Å². The van der Waals surface area contributed by atoms with Gasteiger partial charge in [0, 0.05) is 45.3 Å². The molecule has 6 nitrogen and oxygen atoms in total. The van der Waals surface area contributed by atoms with E-state index < -0.39 is 0 Å². The summed E-state index contributed by atoms with van der Waals surface area (Å²) in [5.41, 5.74) is 3.24. The maximum atomic E-state index is 12.7. The summed E-state index contributed by atoms with van der Waals surface area (Å²) in [6, 6.07) is 15.6. The highest BCUT2D eigenvalue weighted by Crippen LogP contribution is 2.18. The summed E-state index contributed by atoms with van der Waals surface area (Å²) in [6.07, 6.45) is 1.87. The first-order chi connectivity index (χ1) is 14.4. The van der Waals surface area contributed by atoms with Gasteiger partial charge in [0.15, 0.2) is 6.61 Å². The Balaban J connectivity index is 1.48. The van der Waals surface area contributed by atoms with Crippen molar-refractivity contribution in [2.45, 2.75) is 32.4 Å². The van der Waals surface area contributed by atoms with Crippen LogP contribution in [0.1, 0.15) is 34.3 Å². The molecule has 1 aliphatic heterocycles. The zero-order valence-corrected chi connectivity index (χ0v) is 18.1. The molecule has 6 heteroatoms. The monoisotopic (exact) mass is 409 g/mol. The molecule has 1 N–H and O–H groups in total. The van der Waals surface area contributed by atoms with Crippen molar-refractivity contribution >= 4 is 11.8 Å². The van der Waals surface area contributed by atoms with E-state index in [9.17, 15) is 9.59 Å². The number of hydrogen-bond acceptors (Lipinski definition) is 4. The molecule has 0 bridgehead atoms. The lowest BCUT2D eigenvalue weighted by molar-refractivity contribution is -0.130. The fraction of sp³-hybridized carbons (Fsp3) is 0.417. The Morgan fingerprint density at radius 1 is 1.10 bits per heavy atom. The van der Waals surface area contributed by atoms with Crippen molar-refractivity contribution < 1.29 is 14.3 Å². The maximum Gasteiger partial charge on any atom is 0.259 e. The van der Waals surface area contributed by atoms with Crippen molar-refractivity contribution in [3.05, 3.63) is 65.2 Å². The first kappa shape index (κ1) is 21.8. The number of ether oxygens (including phenoxy) is 1. The largest absolute Gasteiger partial charge is 0.484 e. The number of nitrogens with one attached hydrogen (secondary N) is 1. The first-order valence-corrected chi connectivity index (χ1v) is 10.4. The van der Waals surface area contributed by atoms with Crippen LogP contribution in [0.15, 0.2) is 48.5 Å². The van der Waals surface area contributed by atoms with E-state index in [1.165, 1.54) is 16.0 Å². The van der Waals surface area contributed by atoms with Crippen LogP contribution in [0.3, 0.4) is 0 Å². The van der Waals surface area contributed by atoms with Crippen LogP contribution in [0.2, 0.25) is 0 Å². The molecule has 0 aliphatic carbocycles. The van der Waals surface area contributed by atoms with Crippen LogP contribution in [0.5, 0.6) is 5.75 Å². The molecule has 0 atom stereocenters. The standard InChI is InChI=1S/C24H31N3O3/c1-18-7-4-5-8-20(18)16-27-13-11-21(12-14-27)25-24(29)19-9-6-10-22(15-19)30-17-23(28)26(2)3/h4-10,15,21H,11-14,16-17H2,1-3H3,(H,25,29). The summed E-state index contributed by atoms with van der Waals surface area (Å²) in [5, 5.41) is 3.14. The topological polar surface area (TPSA) is 61.9 Å². The average molecular weight is 410 g/mol. The van der Waals surface area contributed by atoms with Gasteiger partial charge >= 0.3 is 0 Å². The Bertz CT molecular complexity index is 874. The predicted molar refractivity (Wildman–Crippen MR) is 118 cm³/mol. The van der Waals surface area contributed by atoms with E-state index in [4.69, 9.17) is 4.74 Å². The van der Waals surface area contributed by atoms with E-state index in [-0.39, 0.29) is 24.5 Å². The molecule has 0 saturated carbocycles. The number of hydrogen-bond donors (Lipinski definition) is 1. The van der Waals surface area contributed by atoms with Gasteiger partial charge in [0.2, 0.25) is 0 Å². The lowest BCUT2D eigenvalue weighted by Crippen LogP contribution is -2.44. The number of rotatable bonds is 7. The van der Waals surface area contributed by atoms with Gasteiger partial charge in [0.1, 0.15) is 5.75 Å². The van der Waals surface area contributed by atoms with Gasteiger partial charge in [0.05, 0.1) is 0 Å². The van der Waals surface area contributed by atoms with Crippen LogP contribution in [0, 0.1) is 6.92 Å². The molecule has 3 rings (SSSR count). The van der Waals surface area contributed by atoms with Crippen molar-refractivity contribution in [3.63, 3.8) is 0 Å². The number of aryl methyl sites for hydroxylation is 1. The number of piperidine rings is 1. The van der Waals surface area contributed by atoms with Crippen molar-refractivity contribution in [1.82, 2.24) is 15.1 Å². The SMILES string of the molecule is Cc1ccccc1CN1CCC(NC(=O)c2cccc(OCC(=O)N(C)C)c2)CC1. The summed E-state index contributed by atoms with van der Waals surface area (Å²) in [5.74, 6) is 0.296. The lowest BCUT2D eigenvalue weighted by Gasteiger charge is -2.32. The normalized spacial score (nSPS) is 14.9. The van der Waals surface area contributed by atoms with E-state index >= 15 is 0 Å². The number of amides is 2. The molecule has 160 valence electrons. The van der Waals surface area contributed by atoms with E-state index in [2.05, 4.69) is 41.4 Å². The van der Waals surface area contributed by atoms with Gasteiger partial charge < -0.3 is 15.0 Å². The summed E-state index contributed by atoms with van der Waals surface area (Å²) in [4.78, 5) is 28.3. The molecule has 0 radical (unpaired) electrons. The Morgan fingerprint density at radius 2 is 1.83 bits per heavy atom. The van der Waals surface area contributed by atoms with Crippen LogP contribution in [0.25, 0.3) is 0 Å². The smallest absolute Gasteiger partial charge is 0.259 e. The zero-order chi connectivity index (χ0) is 21.5. The van der Waals surface area contributed by atoms with Crippen molar-refractivity contribution in [3.8, 4) is 5.75 Å². The summed E-state index contributed by atoms with van der Waals surface area (Å²) in [6.45, 7) is 5.00. The molecule has 1 aliphatic rings. The van der Waals surface area contributed by atoms with Crippen LogP contribution in [-0.2, 0) is 11.3 Å². The summed E-state index contributed by atoms with van der Waals surface area (Å²) >= 11 is 0. The summed E-state index contributed by atoms with van der Waals surface area (Å²) in [7, 11) is 3.36. The molecule has 1 saturated heterocycles. The van der Waals surface area contributed by atoms with Crippen LogP contribution in [-0.4, -0.2) is 61.4 Å². The van der Waals surface area contributed by atoms with E-state index in [1.807, 2.05) is 0 Å². The molecule has 1 heterocycles. The van der Waals surface area contributed by atoms with Crippen molar-refractivity contribution in [2.75, 3.05) is 33.8 Å². The molecule has 30 heavy (non-hydrogen) atoms. The molecular weight excluding hydrogens is 378 g/mol. The second kappa shape index (κ2) is 10.3. The van der Waals surface area contributed by atoms with Gasteiger partial charge in [-0.1, -0.05) is 30.3 Å². The Kier molecular flexibility index (Phi) is 7.46. The Hall–Kier alpha value is -2.86. The predicted octanol–water partition coefficient (Wildman–Crippen LogP) is 2.86. The fourth-order valence-corrected chi connectivity index (χ4v) is 3.53. The van der Waals surface area contributed by atoms with Gasteiger partial charge in [-0.3, -0.25) is 14.5 Å². The van der Waals surface area contributed by atoms with Crippen molar-refractivity contribution in [2.24, 2.45) is 0 Å². The summed E-state index contributed by atoms with van der Waals surface area (Å²) < 4.78 is 5.51. The van der Waals surface area contributed by atoms with Crippen LogP contribution >= 0.6 is 0 Å². The van der Waals surface area contributed by atoms with Crippen molar-refractivity contribution in [1.29, 1.82) is 0 Å². The minimum absolute atomic E-state index is 0.0442. The van der Waals surface area contributed by atoms with E-state index in [1.54, 1.807) is 38.4 Å². The third-order valence-corrected chi connectivity index (χ3v) is 5.54. The Labute approximate surface area is 178 Å². The Morgan fingerprint density at radius 3 is 2.53 bits per heavy atom. The average Bonchev–Trinajstić information content (AvgIpc) is 2.75. The number of likely N-dealkylation sites (tertiary alicyclic amines) is 1. The molecule has 2 amide bonds. The molecule has 1 fully saturated rings. The number of nitrogens with zero attached hydrogens (tertiary/aromatic N) is 2. The highest BCUT2D eigenvalue weighted by molar-refractivity contribution is 5.94. The minimum atomic E-state index is -0.123. The number of carbonyl (C=O) groups excluding carboxylic acids is 2. The second-order valence-corrected chi connectivity index (χ2v) is 8.06. The third-order valence-electron chi connectivity index (χ3n) is 5.54. The van der Waals surface area contributed by atoms with Gasteiger partial charge in [-0.05, 0) is 49.1 Å². The van der Waals surface area contributed by atoms with E-state index in [0.717, 1.165) is 32.5 Å². The lowest BCUT2D eigenvalue weighted by atomic mass is 10.0. The van der Waals surface area contributed by atoms with Gasteiger partial charge in [-0.25, -0.2) is 0 Å². The molecular formula is C24H31N3O3. The number of benzene rings is 2. The highest BCUT2D eigenvalue weighted by Gasteiger charge is 2.21. The first-order valence-electron chi connectivity index (χ1n) is 10.4. The van der Waals surface area contributed by atoms with Crippen LogP contribution < -0.4 is 10.1 Å². The molecule has 2 aromatic carbocycles. The van der Waals surface area contributed by atoms with Gasteiger partial charge in [-0.15, -0.1) is 0 Å².